The Morgan fingerprint density at radius 3 is 1.95 bits per heavy atom. The average molecular weight is 608 g/mol. The molecule has 3 rings (SSSR count). The number of carboxylic acids is 1. The van der Waals surface area contributed by atoms with Crippen molar-refractivity contribution in [2.24, 2.45) is 17.8 Å². The number of carbonyl (C=O) groups excluding carboxylic acids is 2. The van der Waals surface area contributed by atoms with Gasteiger partial charge in [0.05, 0.1) is 11.4 Å². The van der Waals surface area contributed by atoms with E-state index in [0.29, 0.717) is 11.8 Å². The van der Waals surface area contributed by atoms with Gasteiger partial charge in [-0.05, 0) is 113 Å². The lowest BCUT2D eigenvalue weighted by Crippen LogP contribution is -2.50. The average Bonchev–Trinajstić information content (AvgIpc) is 2.99. The van der Waals surface area contributed by atoms with Crippen molar-refractivity contribution < 1.29 is 27.9 Å². The topological polar surface area (TPSA) is 166 Å². The molecule has 6 N–H and O–H groups in total. The van der Waals surface area contributed by atoms with Gasteiger partial charge >= 0.3 is 5.97 Å². The minimum atomic E-state index is -4.11. The summed E-state index contributed by atoms with van der Waals surface area (Å²) in [5.74, 6) is -1.11. The number of hydrogen-bond donors (Lipinski definition) is 6. The van der Waals surface area contributed by atoms with Crippen molar-refractivity contribution in [3.05, 3.63) is 29.8 Å². The van der Waals surface area contributed by atoms with E-state index in [9.17, 15) is 27.9 Å². The van der Waals surface area contributed by atoms with Crippen molar-refractivity contribution in [1.82, 2.24) is 26.0 Å². The summed E-state index contributed by atoms with van der Waals surface area (Å²) in [7, 11) is -4.11. The Morgan fingerprint density at radius 1 is 0.905 bits per heavy atom. The Kier molecular flexibility index (Phi) is 14.2. The number of carbonyl (C=O) groups is 3. The summed E-state index contributed by atoms with van der Waals surface area (Å²) in [6.07, 6.45) is 9.73. The second-order valence-corrected chi connectivity index (χ2v) is 13.4. The van der Waals surface area contributed by atoms with Crippen molar-refractivity contribution in [3.63, 3.8) is 0 Å². The van der Waals surface area contributed by atoms with Crippen LogP contribution in [-0.4, -0.2) is 76.6 Å². The highest BCUT2D eigenvalue weighted by atomic mass is 32.2. The highest BCUT2D eigenvalue weighted by Gasteiger charge is 2.27. The largest absolute Gasteiger partial charge is 0.480 e. The molecule has 236 valence electrons. The fourth-order valence-electron chi connectivity index (χ4n) is 5.77. The molecule has 2 fully saturated rings. The fourth-order valence-corrected chi connectivity index (χ4v) is 6.96. The number of nitrogens with one attached hydrogen (secondary N) is 5. The number of aliphatic carboxylic acids is 1. The van der Waals surface area contributed by atoms with E-state index in [-0.39, 0.29) is 23.3 Å². The first-order valence-corrected chi connectivity index (χ1v) is 17.0. The lowest BCUT2D eigenvalue weighted by atomic mass is 9.84. The Bertz CT molecular complexity index is 1080. The summed E-state index contributed by atoms with van der Waals surface area (Å²) < 4.78 is 27.7. The van der Waals surface area contributed by atoms with Crippen molar-refractivity contribution in [2.75, 3.05) is 39.3 Å². The Hall–Kier alpha value is -2.54. The molecule has 1 aromatic rings. The fraction of sp³-hybridized carbons (Fsp3) is 0.700. The maximum Gasteiger partial charge on any atom is 0.323 e. The molecule has 2 heterocycles. The molecule has 0 radical (unpaired) electrons. The van der Waals surface area contributed by atoms with Gasteiger partial charge in [-0.2, -0.15) is 4.72 Å². The highest BCUT2D eigenvalue weighted by molar-refractivity contribution is 7.89. The van der Waals surface area contributed by atoms with Gasteiger partial charge in [-0.1, -0.05) is 25.5 Å². The maximum absolute atomic E-state index is 13.1. The van der Waals surface area contributed by atoms with Crippen molar-refractivity contribution >= 4 is 27.8 Å². The van der Waals surface area contributed by atoms with Gasteiger partial charge in [0.1, 0.15) is 6.04 Å². The summed E-state index contributed by atoms with van der Waals surface area (Å²) in [4.78, 5) is 37.4. The van der Waals surface area contributed by atoms with E-state index >= 15 is 0 Å². The van der Waals surface area contributed by atoms with E-state index in [4.69, 9.17) is 0 Å². The minimum absolute atomic E-state index is 0.0489. The van der Waals surface area contributed by atoms with Crippen LogP contribution in [-0.2, 0) is 30.8 Å². The molecule has 2 aliphatic rings. The monoisotopic (exact) mass is 607 g/mol. The summed E-state index contributed by atoms with van der Waals surface area (Å²) in [5, 5.41) is 21.5. The normalized spacial score (nSPS) is 17.6. The van der Waals surface area contributed by atoms with Crippen LogP contribution in [0.25, 0.3) is 0 Å². The predicted molar refractivity (Wildman–Crippen MR) is 161 cm³/mol. The second kappa shape index (κ2) is 17.5. The van der Waals surface area contributed by atoms with E-state index in [1.54, 1.807) is 12.1 Å². The van der Waals surface area contributed by atoms with Gasteiger partial charge in [-0.3, -0.25) is 14.4 Å². The van der Waals surface area contributed by atoms with Crippen LogP contribution in [0.2, 0.25) is 0 Å². The summed E-state index contributed by atoms with van der Waals surface area (Å²) in [5.41, 5.74) is 0.986. The molecule has 0 aromatic heterocycles. The van der Waals surface area contributed by atoms with Crippen LogP contribution in [0.5, 0.6) is 0 Å². The number of piperidine rings is 2. The lowest BCUT2D eigenvalue weighted by Gasteiger charge is -2.27. The molecular formula is C30H49N5O6S. The maximum atomic E-state index is 13.1. The zero-order valence-corrected chi connectivity index (χ0v) is 25.6. The molecule has 2 saturated heterocycles. The smallest absolute Gasteiger partial charge is 0.323 e. The molecular weight excluding hydrogens is 558 g/mol. The van der Waals surface area contributed by atoms with Gasteiger partial charge < -0.3 is 26.4 Å². The zero-order chi connectivity index (χ0) is 30.4. The lowest BCUT2D eigenvalue weighted by molar-refractivity contribution is -0.139. The van der Waals surface area contributed by atoms with E-state index in [0.717, 1.165) is 96.0 Å². The Balaban J connectivity index is 1.49. The van der Waals surface area contributed by atoms with Crippen molar-refractivity contribution in [3.8, 4) is 0 Å². The van der Waals surface area contributed by atoms with E-state index in [2.05, 4.69) is 26.0 Å². The molecule has 12 heteroatoms. The molecule has 0 aliphatic carbocycles. The van der Waals surface area contributed by atoms with Crippen LogP contribution < -0.4 is 26.0 Å². The van der Waals surface area contributed by atoms with Crippen LogP contribution in [0.4, 0.5) is 0 Å². The summed E-state index contributed by atoms with van der Waals surface area (Å²) in [6, 6.07) is 4.71. The van der Waals surface area contributed by atoms with Crippen LogP contribution >= 0.6 is 0 Å². The molecule has 2 aliphatic heterocycles. The molecule has 2 amide bonds. The minimum Gasteiger partial charge on any atom is -0.480 e. The number of rotatable bonds is 17. The van der Waals surface area contributed by atoms with Gasteiger partial charge in [-0.15, -0.1) is 0 Å². The van der Waals surface area contributed by atoms with Crippen molar-refractivity contribution in [1.29, 1.82) is 0 Å². The quantitative estimate of drug-likeness (QED) is 0.156. The third kappa shape index (κ3) is 11.6. The zero-order valence-electron chi connectivity index (χ0n) is 24.8. The molecule has 0 saturated carbocycles. The van der Waals surface area contributed by atoms with Crippen molar-refractivity contribution in [2.45, 2.75) is 82.1 Å². The SMILES string of the molecule is CCCc1ccc(S(=O)(=O)NC(CNC(=O)CNC(=O)C(CCC2CCNCC2)CCC2CCNCC2)C(=O)O)cc1. The predicted octanol–water partition coefficient (Wildman–Crippen LogP) is 1.78. The first kappa shape index (κ1) is 34.0. The van der Waals surface area contributed by atoms with E-state index < -0.39 is 34.5 Å². The third-order valence-corrected chi connectivity index (χ3v) is 9.92. The Labute approximate surface area is 250 Å². The molecule has 11 nitrogen and oxygen atoms in total. The van der Waals surface area contributed by atoms with Crippen LogP contribution in [0.15, 0.2) is 29.2 Å². The standard InChI is InChI=1S/C30H49N5O6S/c1-2-3-22-6-10-26(11-7-22)42(40,41)35-27(30(38)39)20-33-28(36)21-34-29(37)25(8-4-23-12-16-31-17-13-23)9-5-24-14-18-32-19-15-24/h6-7,10-11,23-25,27,31-32,35H,2-5,8-9,12-21H2,1H3,(H,33,36)(H,34,37)(H,38,39). The number of carboxylic acid groups (broad SMARTS) is 1. The number of amides is 2. The van der Waals surface area contributed by atoms with Gasteiger partial charge in [0.25, 0.3) is 0 Å². The van der Waals surface area contributed by atoms with Gasteiger partial charge in [0, 0.05) is 12.5 Å². The summed E-state index contributed by atoms with van der Waals surface area (Å²) >= 11 is 0. The molecule has 1 atom stereocenters. The van der Waals surface area contributed by atoms with Gasteiger partial charge in [0.15, 0.2) is 0 Å². The summed E-state index contributed by atoms with van der Waals surface area (Å²) in [6.45, 7) is 5.31. The van der Waals surface area contributed by atoms with Crippen LogP contribution in [0.3, 0.4) is 0 Å². The molecule has 1 unspecified atom stereocenters. The van der Waals surface area contributed by atoms with E-state index in [1.165, 1.54) is 12.1 Å². The molecule has 42 heavy (non-hydrogen) atoms. The van der Waals surface area contributed by atoms with Crippen LogP contribution in [0, 0.1) is 17.8 Å². The number of sulfonamides is 1. The number of hydrogen-bond acceptors (Lipinski definition) is 7. The number of aryl methyl sites for hydroxylation is 1. The highest BCUT2D eigenvalue weighted by Crippen LogP contribution is 2.27. The second-order valence-electron chi connectivity index (χ2n) is 11.7. The first-order chi connectivity index (χ1) is 20.2. The van der Waals surface area contributed by atoms with Gasteiger partial charge in [0.2, 0.25) is 21.8 Å². The molecule has 1 aromatic carbocycles. The van der Waals surface area contributed by atoms with Gasteiger partial charge in [-0.25, -0.2) is 8.42 Å². The first-order valence-electron chi connectivity index (χ1n) is 15.5. The van der Waals surface area contributed by atoms with E-state index in [1.807, 2.05) is 6.92 Å². The number of benzene rings is 1. The third-order valence-electron chi connectivity index (χ3n) is 8.43. The van der Waals surface area contributed by atoms with Crippen LogP contribution in [0.1, 0.15) is 70.3 Å². The molecule has 0 spiro atoms. The molecule has 0 bridgehead atoms. The Morgan fingerprint density at radius 2 is 1.45 bits per heavy atom.